The first-order chi connectivity index (χ1) is 5.15. The molecule has 0 heterocycles. The second-order valence-electron chi connectivity index (χ2n) is 2.52. The Morgan fingerprint density at radius 1 is 1.27 bits per heavy atom. The molecule has 0 amide bonds. The third-order valence-electron chi connectivity index (χ3n) is 1.62. The molecule has 0 aliphatic rings. The minimum atomic E-state index is 0.267. The van der Waals surface area contributed by atoms with Crippen LogP contribution in [0.3, 0.4) is 0 Å². The Labute approximate surface area is 65.4 Å². The zero-order valence-electron chi connectivity index (χ0n) is 6.59. The lowest BCUT2D eigenvalue weighted by atomic mass is 10.1. The first-order valence-electron chi connectivity index (χ1n) is 3.32. The molecule has 0 unspecified atom stereocenters. The number of hydrogen-bond donors (Lipinski definition) is 2. The predicted octanol–water partition coefficient (Wildman–Crippen LogP) is 1.26. The van der Waals surface area contributed by atoms with E-state index in [1.54, 1.807) is 19.1 Å². The molecule has 0 atom stereocenters. The topological polar surface area (TPSA) is 55.5 Å². The molecular formula is C8H11NO2. The maximum Gasteiger partial charge on any atom is 0.150 e. The Bertz CT molecular complexity index is 271. The number of nitrogens with two attached hydrogens (primary N) is 1. The number of aryl methyl sites for hydroxylation is 2. The van der Waals surface area contributed by atoms with Crippen LogP contribution in [-0.4, -0.2) is 5.11 Å². The van der Waals surface area contributed by atoms with Gasteiger partial charge in [-0.15, -0.1) is 0 Å². The van der Waals surface area contributed by atoms with Crippen molar-refractivity contribution in [3.05, 3.63) is 23.3 Å². The smallest absolute Gasteiger partial charge is 0.150 e. The summed E-state index contributed by atoms with van der Waals surface area (Å²) in [5, 5.41) is 9.22. The fourth-order valence-electron chi connectivity index (χ4n) is 0.901. The van der Waals surface area contributed by atoms with Crippen LogP contribution in [0.1, 0.15) is 11.1 Å². The van der Waals surface area contributed by atoms with Gasteiger partial charge in [-0.1, -0.05) is 0 Å². The van der Waals surface area contributed by atoms with Gasteiger partial charge < -0.3 is 9.94 Å². The number of rotatable bonds is 1. The molecule has 1 aromatic rings. The van der Waals surface area contributed by atoms with Crippen LogP contribution in [0.25, 0.3) is 0 Å². The zero-order valence-corrected chi connectivity index (χ0v) is 6.59. The van der Waals surface area contributed by atoms with Crippen molar-refractivity contribution in [2.75, 3.05) is 0 Å². The van der Waals surface area contributed by atoms with Crippen molar-refractivity contribution in [2.45, 2.75) is 13.8 Å². The van der Waals surface area contributed by atoms with Crippen LogP contribution in [0.4, 0.5) is 0 Å². The van der Waals surface area contributed by atoms with E-state index in [1.807, 2.05) is 6.92 Å². The number of aromatic hydroxyl groups is 1. The summed E-state index contributed by atoms with van der Waals surface area (Å²) < 4.78 is 0. The SMILES string of the molecule is Cc1cc(ON)c(C)cc1O. The highest BCUT2D eigenvalue weighted by Gasteiger charge is 2.02. The normalized spacial score (nSPS) is 9.73. The van der Waals surface area contributed by atoms with Gasteiger partial charge in [0.05, 0.1) is 0 Å². The average Bonchev–Trinajstić information content (AvgIpc) is 1.97. The number of hydrogen-bond acceptors (Lipinski definition) is 3. The van der Waals surface area contributed by atoms with Crippen LogP contribution in [0.5, 0.6) is 11.5 Å². The number of phenolic OH excluding ortho intramolecular Hbond substituents is 1. The largest absolute Gasteiger partial charge is 0.508 e. The van der Waals surface area contributed by atoms with E-state index in [0.717, 1.165) is 11.1 Å². The maximum atomic E-state index is 9.22. The van der Waals surface area contributed by atoms with Crippen molar-refractivity contribution in [3.63, 3.8) is 0 Å². The lowest BCUT2D eigenvalue weighted by Crippen LogP contribution is -2.03. The summed E-state index contributed by atoms with van der Waals surface area (Å²) in [7, 11) is 0. The lowest BCUT2D eigenvalue weighted by Gasteiger charge is -2.05. The summed E-state index contributed by atoms with van der Waals surface area (Å²) in [6.45, 7) is 3.61. The summed E-state index contributed by atoms with van der Waals surface area (Å²) in [5.41, 5.74) is 1.59. The lowest BCUT2D eigenvalue weighted by molar-refractivity contribution is 0.331. The van der Waals surface area contributed by atoms with Crippen LogP contribution in [-0.2, 0) is 0 Å². The van der Waals surface area contributed by atoms with Crippen LogP contribution >= 0.6 is 0 Å². The van der Waals surface area contributed by atoms with E-state index < -0.39 is 0 Å². The van der Waals surface area contributed by atoms with E-state index in [-0.39, 0.29) is 5.75 Å². The van der Waals surface area contributed by atoms with E-state index >= 15 is 0 Å². The van der Waals surface area contributed by atoms with Gasteiger partial charge >= 0.3 is 0 Å². The van der Waals surface area contributed by atoms with Crippen molar-refractivity contribution in [2.24, 2.45) is 5.90 Å². The molecule has 0 fully saturated rings. The van der Waals surface area contributed by atoms with Crippen LogP contribution < -0.4 is 10.7 Å². The minimum absolute atomic E-state index is 0.267. The van der Waals surface area contributed by atoms with Gasteiger partial charge in [-0.3, -0.25) is 0 Å². The standard InChI is InChI=1S/C8H11NO2/c1-5-4-8(11-9)6(2)3-7(5)10/h3-4,10H,9H2,1-2H3. The Morgan fingerprint density at radius 2 is 1.91 bits per heavy atom. The van der Waals surface area contributed by atoms with Crippen LogP contribution in [0.15, 0.2) is 12.1 Å². The van der Waals surface area contributed by atoms with Gasteiger partial charge in [0, 0.05) is 0 Å². The fourth-order valence-corrected chi connectivity index (χ4v) is 0.901. The van der Waals surface area contributed by atoms with Gasteiger partial charge in [-0.2, -0.15) is 5.90 Å². The monoisotopic (exact) mass is 153 g/mol. The van der Waals surface area contributed by atoms with E-state index in [1.165, 1.54) is 0 Å². The Morgan fingerprint density at radius 3 is 2.45 bits per heavy atom. The van der Waals surface area contributed by atoms with E-state index in [4.69, 9.17) is 5.90 Å². The van der Waals surface area contributed by atoms with E-state index in [9.17, 15) is 5.11 Å². The second-order valence-corrected chi connectivity index (χ2v) is 2.52. The highest BCUT2D eigenvalue weighted by molar-refractivity contribution is 5.44. The molecule has 3 N–H and O–H groups in total. The second kappa shape index (κ2) is 2.80. The van der Waals surface area contributed by atoms with Gasteiger partial charge in [0.1, 0.15) is 11.5 Å². The quantitative estimate of drug-likeness (QED) is 0.597. The maximum absolute atomic E-state index is 9.22. The molecule has 1 rings (SSSR count). The zero-order chi connectivity index (χ0) is 8.43. The molecule has 0 aliphatic carbocycles. The predicted molar refractivity (Wildman–Crippen MR) is 42.4 cm³/mol. The highest BCUT2D eigenvalue weighted by Crippen LogP contribution is 2.25. The summed E-state index contributed by atoms with van der Waals surface area (Å²) in [4.78, 5) is 4.57. The van der Waals surface area contributed by atoms with Crippen molar-refractivity contribution in [1.29, 1.82) is 0 Å². The molecule has 0 aromatic heterocycles. The van der Waals surface area contributed by atoms with Crippen LogP contribution in [0.2, 0.25) is 0 Å². The minimum Gasteiger partial charge on any atom is -0.508 e. The van der Waals surface area contributed by atoms with Crippen molar-refractivity contribution in [1.82, 2.24) is 0 Å². The molecular weight excluding hydrogens is 142 g/mol. The molecule has 0 saturated heterocycles. The molecule has 0 spiro atoms. The number of benzene rings is 1. The van der Waals surface area contributed by atoms with Gasteiger partial charge in [0.15, 0.2) is 0 Å². The molecule has 0 radical (unpaired) electrons. The fraction of sp³-hybridized carbons (Fsp3) is 0.250. The molecule has 1 aromatic carbocycles. The average molecular weight is 153 g/mol. The summed E-state index contributed by atoms with van der Waals surface area (Å²) in [6, 6.07) is 3.32. The third-order valence-corrected chi connectivity index (χ3v) is 1.62. The summed E-state index contributed by atoms with van der Waals surface area (Å²) in [6.07, 6.45) is 0. The first kappa shape index (κ1) is 7.88. The van der Waals surface area contributed by atoms with Gasteiger partial charge in [0.2, 0.25) is 0 Å². The molecule has 3 nitrogen and oxygen atoms in total. The molecule has 0 bridgehead atoms. The number of phenols is 1. The van der Waals surface area contributed by atoms with Gasteiger partial charge in [-0.25, -0.2) is 0 Å². The molecule has 11 heavy (non-hydrogen) atoms. The molecule has 60 valence electrons. The van der Waals surface area contributed by atoms with Crippen LogP contribution in [0, 0.1) is 13.8 Å². The summed E-state index contributed by atoms with van der Waals surface area (Å²) in [5.74, 6) is 5.85. The summed E-state index contributed by atoms with van der Waals surface area (Å²) >= 11 is 0. The first-order valence-corrected chi connectivity index (χ1v) is 3.32. The highest BCUT2D eigenvalue weighted by atomic mass is 16.6. The van der Waals surface area contributed by atoms with E-state index in [0.29, 0.717) is 5.75 Å². The van der Waals surface area contributed by atoms with Gasteiger partial charge in [-0.05, 0) is 37.1 Å². The van der Waals surface area contributed by atoms with Crippen molar-refractivity contribution in [3.8, 4) is 11.5 Å². The molecule has 3 heteroatoms. The Balaban J connectivity index is 3.21. The molecule has 0 saturated carbocycles. The van der Waals surface area contributed by atoms with Gasteiger partial charge in [0.25, 0.3) is 0 Å². The third kappa shape index (κ3) is 1.43. The van der Waals surface area contributed by atoms with Crippen molar-refractivity contribution >= 4 is 0 Å². The Kier molecular flexibility index (Phi) is 2.01. The van der Waals surface area contributed by atoms with Crippen molar-refractivity contribution < 1.29 is 9.94 Å². The Hall–Kier alpha value is -1.22. The van der Waals surface area contributed by atoms with E-state index in [2.05, 4.69) is 4.84 Å². The molecule has 0 aliphatic heterocycles.